The van der Waals surface area contributed by atoms with Crippen molar-refractivity contribution in [2.45, 2.75) is 65.1 Å². The van der Waals surface area contributed by atoms with Gasteiger partial charge >= 0.3 is 0 Å². The van der Waals surface area contributed by atoms with Crippen molar-refractivity contribution in [1.29, 1.82) is 0 Å². The topological polar surface area (TPSA) is 21.3 Å². The molecule has 0 aromatic heterocycles. The van der Waals surface area contributed by atoms with Gasteiger partial charge in [-0.1, -0.05) is 13.8 Å². The van der Waals surface area contributed by atoms with Crippen LogP contribution >= 0.6 is 0 Å². The first-order valence-corrected chi connectivity index (χ1v) is 5.97. The van der Waals surface area contributed by atoms with Gasteiger partial charge in [0.1, 0.15) is 0 Å². The Kier molecular flexibility index (Phi) is 4.90. The smallest absolute Gasteiger partial charge is 0.0590 e. The van der Waals surface area contributed by atoms with Gasteiger partial charge in [-0.25, -0.2) is 0 Å². The summed E-state index contributed by atoms with van der Waals surface area (Å²) in [5.74, 6) is 0.710. The van der Waals surface area contributed by atoms with E-state index in [0.717, 1.165) is 13.0 Å². The van der Waals surface area contributed by atoms with Gasteiger partial charge in [0, 0.05) is 18.7 Å². The number of hydrogen-bond donors (Lipinski definition) is 1. The summed E-state index contributed by atoms with van der Waals surface area (Å²) in [5.41, 5.74) is 0. The Morgan fingerprint density at radius 3 is 2.50 bits per heavy atom. The highest BCUT2D eigenvalue weighted by Crippen LogP contribution is 2.17. The van der Waals surface area contributed by atoms with E-state index in [1.807, 2.05) is 0 Å². The molecule has 14 heavy (non-hydrogen) atoms. The van der Waals surface area contributed by atoms with Crippen LogP contribution in [0, 0.1) is 5.92 Å². The van der Waals surface area contributed by atoms with Crippen LogP contribution in [0.4, 0.5) is 0 Å². The van der Waals surface area contributed by atoms with Crippen molar-refractivity contribution in [1.82, 2.24) is 5.32 Å². The van der Waals surface area contributed by atoms with Crippen LogP contribution in [0.5, 0.6) is 0 Å². The number of rotatable bonds is 5. The fourth-order valence-electron chi connectivity index (χ4n) is 1.93. The van der Waals surface area contributed by atoms with E-state index >= 15 is 0 Å². The Bertz CT molecular complexity index is 148. The maximum Gasteiger partial charge on any atom is 0.0590 e. The van der Waals surface area contributed by atoms with E-state index in [0.29, 0.717) is 24.1 Å². The SMILES string of the molecule is CC(CC1CCCO1)NC(C)C(C)C. The molecule has 2 nitrogen and oxygen atoms in total. The molecule has 0 aromatic carbocycles. The Balaban J connectivity index is 2.17. The van der Waals surface area contributed by atoms with Crippen LogP contribution in [0.25, 0.3) is 0 Å². The van der Waals surface area contributed by atoms with Crippen molar-refractivity contribution in [2.75, 3.05) is 6.61 Å². The van der Waals surface area contributed by atoms with Crippen molar-refractivity contribution >= 4 is 0 Å². The summed E-state index contributed by atoms with van der Waals surface area (Å²) in [6.45, 7) is 10.0. The lowest BCUT2D eigenvalue weighted by Gasteiger charge is -2.24. The van der Waals surface area contributed by atoms with E-state index in [2.05, 4.69) is 33.0 Å². The monoisotopic (exact) mass is 199 g/mol. The molecule has 1 aliphatic rings. The molecule has 0 aliphatic carbocycles. The van der Waals surface area contributed by atoms with Crippen LogP contribution < -0.4 is 5.32 Å². The molecule has 0 bridgehead atoms. The Labute approximate surface area is 88.4 Å². The van der Waals surface area contributed by atoms with Gasteiger partial charge < -0.3 is 10.1 Å². The van der Waals surface area contributed by atoms with Crippen LogP contribution in [0.3, 0.4) is 0 Å². The highest BCUT2D eigenvalue weighted by atomic mass is 16.5. The lowest BCUT2D eigenvalue weighted by molar-refractivity contribution is 0.0944. The number of hydrogen-bond acceptors (Lipinski definition) is 2. The van der Waals surface area contributed by atoms with Crippen LogP contribution in [-0.4, -0.2) is 24.8 Å². The van der Waals surface area contributed by atoms with Gasteiger partial charge in [-0.15, -0.1) is 0 Å². The quantitative estimate of drug-likeness (QED) is 0.735. The molecular weight excluding hydrogens is 174 g/mol. The first-order valence-electron chi connectivity index (χ1n) is 5.97. The molecular formula is C12H25NO. The van der Waals surface area contributed by atoms with Crippen molar-refractivity contribution in [3.8, 4) is 0 Å². The summed E-state index contributed by atoms with van der Waals surface area (Å²) in [7, 11) is 0. The first kappa shape index (κ1) is 12.0. The molecule has 2 heteroatoms. The number of nitrogens with one attached hydrogen (secondary N) is 1. The molecule has 1 heterocycles. The van der Waals surface area contributed by atoms with Gasteiger partial charge in [0.15, 0.2) is 0 Å². The Morgan fingerprint density at radius 1 is 1.29 bits per heavy atom. The average Bonchev–Trinajstić information content (AvgIpc) is 2.56. The Morgan fingerprint density at radius 2 is 2.00 bits per heavy atom. The third-order valence-corrected chi connectivity index (χ3v) is 3.19. The maximum absolute atomic E-state index is 5.63. The van der Waals surface area contributed by atoms with Crippen LogP contribution in [-0.2, 0) is 4.74 Å². The second kappa shape index (κ2) is 5.72. The van der Waals surface area contributed by atoms with Crippen molar-refractivity contribution in [2.24, 2.45) is 5.92 Å². The first-order chi connectivity index (χ1) is 6.59. The van der Waals surface area contributed by atoms with E-state index in [1.54, 1.807) is 0 Å². The fraction of sp³-hybridized carbons (Fsp3) is 1.00. The lowest BCUT2D eigenvalue weighted by Crippen LogP contribution is -2.39. The van der Waals surface area contributed by atoms with Crippen molar-refractivity contribution in [3.63, 3.8) is 0 Å². The molecule has 0 aromatic rings. The predicted octanol–water partition coefficient (Wildman–Crippen LogP) is 2.58. The zero-order chi connectivity index (χ0) is 10.6. The molecule has 1 rings (SSSR count). The maximum atomic E-state index is 5.63. The van der Waals surface area contributed by atoms with Gasteiger partial charge in [0.05, 0.1) is 6.10 Å². The molecule has 3 unspecified atom stereocenters. The summed E-state index contributed by atoms with van der Waals surface area (Å²) >= 11 is 0. The molecule has 0 amide bonds. The third kappa shape index (κ3) is 3.97. The highest BCUT2D eigenvalue weighted by Gasteiger charge is 2.19. The summed E-state index contributed by atoms with van der Waals surface area (Å²) in [5, 5.41) is 3.63. The molecule has 1 N–H and O–H groups in total. The Hall–Kier alpha value is -0.0800. The molecule has 1 saturated heterocycles. The summed E-state index contributed by atoms with van der Waals surface area (Å²) < 4.78 is 5.63. The van der Waals surface area contributed by atoms with E-state index in [4.69, 9.17) is 4.74 Å². The third-order valence-electron chi connectivity index (χ3n) is 3.19. The van der Waals surface area contributed by atoms with E-state index < -0.39 is 0 Å². The summed E-state index contributed by atoms with van der Waals surface area (Å²) in [4.78, 5) is 0. The minimum atomic E-state index is 0.511. The van der Waals surface area contributed by atoms with Gasteiger partial charge in [0.25, 0.3) is 0 Å². The minimum absolute atomic E-state index is 0.511. The zero-order valence-electron chi connectivity index (χ0n) is 10.0. The van der Waals surface area contributed by atoms with Crippen molar-refractivity contribution < 1.29 is 4.74 Å². The largest absolute Gasteiger partial charge is 0.378 e. The molecule has 1 aliphatic heterocycles. The molecule has 84 valence electrons. The molecule has 0 saturated carbocycles. The van der Waals surface area contributed by atoms with Gasteiger partial charge in [-0.05, 0) is 39.0 Å². The van der Waals surface area contributed by atoms with Crippen LogP contribution in [0.2, 0.25) is 0 Å². The van der Waals surface area contributed by atoms with Crippen LogP contribution in [0.15, 0.2) is 0 Å². The lowest BCUT2D eigenvalue weighted by atomic mass is 10.0. The minimum Gasteiger partial charge on any atom is -0.378 e. The average molecular weight is 199 g/mol. The summed E-state index contributed by atoms with van der Waals surface area (Å²) in [6, 6.07) is 1.18. The summed E-state index contributed by atoms with van der Waals surface area (Å²) in [6.07, 6.45) is 4.17. The molecule has 0 spiro atoms. The second-order valence-electron chi connectivity index (χ2n) is 4.97. The normalized spacial score (nSPS) is 26.8. The van der Waals surface area contributed by atoms with E-state index in [9.17, 15) is 0 Å². The number of ether oxygens (including phenoxy) is 1. The molecule has 0 radical (unpaired) electrons. The van der Waals surface area contributed by atoms with E-state index in [-0.39, 0.29) is 0 Å². The molecule has 3 atom stereocenters. The standard InChI is InChI=1S/C12H25NO/c1-9(2)11(4)13-10(3)8-12-6-5-7-14-12/h9-13H,5-8H2,1-4H3. The van der Waals surface area contributed by atoms with Gasteiger partial charge in [-0.3, -0.25) is 0 Å². The van der Waals surface area contributed by atoms with Gasteiger partial charge in [-0.2, -0.15) is 0 Å². The van der Waals surface area contributed by atoms with E-state index in [1.165, 1.54) is 12.8 Å². The predicted molar refractivity (Wildman–Crippen MR) is 60.5 cm³/mol. The second-order valence-corrected chi connectivity index (χ2v) is 4.97. The van der Waals surface area contributed by atoms with Crippen molar-refractivity contribution in [3.05, 3.63) is 0 Å². The van der Waals surface area contributed by atoms with Gasteiger partial charge in [0.2, 0.25) is 0 Å². The van der Waals surface area contributed by atoms with Crippen LogP contribution in [0.1, 0.15) is 47.0 Å². The highest BCUT2D eigenvalue weighted by molar-refractivity contribution is 4.75. The molecule has 1 fully saturated rings. The fourth-order valence-corrected chi connectivity index (χ4v) is 1.93. The zero-order valence-corrected chi connectivity index (χ0v) is 10.0.